The Morgan fingerprint density at radius 2 is 1.96 bits per heavy atom. The van der Waals surface area contributed by atoms with Crippen LogP contribution in [0.5, 0.6) is 5.75 Å². The summed E-state index contributed by atoms with van der Waals surface area (Å²) in [7, 11) is 0. The second-order valence-electron chi connectivity index (χ2n) is 6.00. The lowest BCUT2D eigenvalue weighted by atomic mass is 10.2. The van der Waals surface area contributed by atoms with E-state index in [2.05, 4.69) is 0 Å². The van der Waals surface area contributed by atoms with E-state index in [-0.39, 0.29) is 12.5 Å². The molecule has 2 aromatic rings. The molecular formula is C20H21NO4. The van der Waals surface area contributed by atoms with E-state index in [9.17, 15) is 9.59 Å². The highest BCUT2D eigenvalue weighted by Gasteiger charge is 2.22. The largest absolute Gasteiger partial charge is 0.490 e. The highest BCUT2D eigenvalue weighted by atomic mass is 16.6. The van der Waals surface area contributed by atoms with Crippen molar-refractivity contribution in [2.75, 3.05) is 24.7 Å². The Labute approximate surface area is 147 Å². The molecule has 1 aliphatic rings. The summed E-state index contributed by atoms with van der Waals surface area (Å²) in [6.07, 6.45) is 1.41. The average molecular weight is 339 g/mol. The van der Waals surface area contributed by atoms with Gasteiger partial charge in [0, 0.05) is 18.7 Å². The van der Waals surface area contributed by atoms with Crippen molar-refractivity contribution in [1.82, 2.24) is 0 Å². The molecule has 1 saturated heterocycles. The fraction of sp³-hybridized carbons (Fsp3) is 0.300. The van der Waals surface area contributed by atoms with Gasteiger partial charge in [-0.15, -0.1) is 0 Å². The molecule has 1 aliphatic heterocycles. The van der Waals surface area contributed by atoms with Crippen LogP contribution in [0.25, 0.3) is 0 Å². The van der Waals surface area contributed by atoms with Crippen molar-refractivity contribution in [3.05, 3.63) is 59.7 Å². The standard InChI is InChI=1S/C20H21NO4/c1-15-5-2-8-18(13-15)24-11-12-25-20(23)16-6-3-7-17(14-16)21-10-4-9-19(21)22/h2-3,5-8,13-14H,4,9-12H2,1H3. The van der Waals surface area contributed by atoms with Gasteiger partial charge < -0.3 is 14.4 Å². The minimum atomic E-state index is -0.415. The predicted octanol–water partition coefficient (Wildman–Crippen LogP) is 3.36. The summed E-state index contributed by atoms with van der Waals surface area (Å²) >= 11 is 0. The summed E-state index contributed by atoms with van der Waals surface area (Å²) in [6.45, 7) is 3.14. The summed E-state index contributed by atoms with van der Waals surface area (Å²) < 4.78 is 10.8. The molecule has 0 unspecified atom stereocenters. The summed E-state index contributed by atoms with van der Waals surface area (Å²) in [5.41, 5.74) is 2.29. The first-order valence-corrected chi connectivity index (χ1v) is 8.40. The second kappa shape index (κ2) is 7.83. The lowest BCUT2D eigenvalue weighted by molar-refractivity contribution is -0.117. The Balaban J connectivity index is 1.52. The zero-order valence-electron chi connectivity index (χ0n) is 14.2. The van der Waals surface area contributed by atoms with Crippen LogP contribution in [0.2, 0.25) is 0 Å². The molecule has 2 aromatic carbocycles. The predicted molar refractivity (Wildman–Crippen MR) is 95.0 cm³/mol. The zero-order valence-corrected chi connectivity index (χ0v) is 14.2. The van der Waals surface area contributed by atoms with Crippen LogP contribution in [-0.4, -0.2) is 31.6 Å². The van der Waals surface area contributed by atoms with Crippen LogP contribution >= 0.6 is 0 Å². The van der Waals surface area contributed by atoms with Gasteiger partial charge in [-0.25, -0.2) is 4.79 Å². The molecular weight excluding hydrogens is 318 g/mol. The molecule has 0 spiro atoms. The van der Waals surface area contributed by atoms with Gasteiger partial charge in [0.2, 0.25) is 5.91 Å². The topological polar surface area (TPSA) is 55.8 Å². The van der Waals surface area contributed by atoms with E-state index < -0.39 is 5.97 Å². The molecule has 1 heterocycles. The number of carbonyl (C=O) groups is 2. The smallest absolute Gasteiger partial charge is 0.338 e. The number of anilines is 1. The van der Waals surface area contributed by atoms with Crippen LogP contribution in [0.15, 0.2) is 48.5 Å². The number of rotatable bonds is 6. The van der Waals surface area contributed by atoms with Gasteiger partial charge in [0.05, 0.1) is 5.56 Å². The van der Waals surface area contributed by atoms with Gasteiger partial charge in [0.15, 0.2) is 0 Å². The van der Waals surface area contributed by atoms with Crippen molar-refractivity contribution in [2.24, 2.45) is 0 Å². The van der Waals surface area contributed by atoms with Gasteiger partial charge in [-0.1, -0.05) is 18.2 Å². The van der Waals surface area contributed by atoms with E-state index in [1.54, 1.807) is 23.1 Å². The van der Waals surface area contributed by atoms with E-state index in [1.165, 1.54) is 0 Å². The summed E-state index contributed by atoms with van der Waals surface area (Å²) in [5, 5.41) is 0. The summed E-state index contributed by atoms with van der Waals surface area (Å²) in [4.78, 5) is 25.7. The van der Waals surface area contributed by atoms with Crippen molar-refractivity contribution >= 4 is 17.6 Å². The third kappa shape index (κ3) is 4.38. The number of carbonyl (C=O) groups excluding carboxylic acids is 2. The number of benzene rings is 2. The molecule has 25 heavy (non-hydrogen) atoms. The van der Waals surface area contributed by atoms with E-state index in [0.29, 0.717) is 25.1 Å². The Bertz CT molecular complexity index is 772. The Hall–Kier alpha value is -2.82. The third-order valence-corrected chi connectivity index (χ3v) is 4.04. The van der Waals surface area contributed by atoms with Gasteiger partial charge in [-0.3, -0.25) is 4.79 Å². The Kier molecular flexibility index (Phi) is 5.33. The number of hydrogen-bond donors (Lipinski definition) is 0. The van der Waals surface area contributed by atoms with Crippen molar-refractivity contribution in [1.29, 1.82) is 0 Å². The molecule has 5 nitrogen and oxygen atoms in total. The van der Waals surface area contributed by atoms with Crippen molar-refractivity contribution in [3.8, 4) is 5.75 Å². The lowest BCUT2D eigenvalue weighted by Gasteiger charge is -2.16. The maximum atomic E-state index is 12.2. The number of hydrogen-bond acceptors (Lipinski definition) is 4. The quantitative estimate of drug-likeness (QED) is 0.598. The number of amides is 1. The summed E-state index contributed by atoms with van der Waals surface area (Å²) in [6, 6.07) is 14.7. The molecule has 0 bridgehead atoms. The molecule has 0 aromatic heterocycles. The number of aryl methyl sites for hydroxylation is 1. The monoisotopic (exact) mass is 339 g/mol. The first kappa shape index (κ1) is 17.0. The fourth-order valence-corrected chi connectivity index (χ4v) is 2.80. The molecule has 0 N–H and O–H groups in total. The van der Waals surface area contributed by atoms with Crippen LogP contribution < -0.4 is 9.64 Å². The SMILES string of the molecule is Cc1cccc(OCCOC(=O)c2cccc(N3CCCC3=O)c2)c1. The van der Waals surface area contributed by atoms with Gasteiger partial charge >= 0.3 is 5.97 Å². The molecule has 0 aliphatic carbocycles. The number of ether oxygens (including phenoxy) is 2. The van der Waals surface area contributed by atoms with Crippen molar-refractivity contribution < 1.29 is 19.1 Å². The first-order chi connectivity index (χ1) is 12.1. The molecule has 1 amide bonds. The van der Waals surface area contributed by atoms with Gasteiger partial charge in [-0.2, -0.15) is 0 Å². The van der Waals surface area contributed by atoms with Crippen molar-refractivity contribution in [2.45, 2.75) is 19.8 Å². The minimum absolute atomic E-state index is 0.0945. The second-order valence-corrected chi connectivity index (χ2v) is 6.00. The van der Waals surface area contributed by atoms with Gasteiger partial charge in [-0.05, 0) is 49.2 Å². The van der Waals surface area contributed by atoms with Crippen LogP contribution in [0.3, 0.4) is 0 Å². The van der Waals surface area contributed by atoms with E-state index in [1.807, 2.05) is 37.3 Å². The molecule has 3 rings (SSSR count). The molecule has 1 fully saturated rings. The molecule has 0 saturated carbocycles. The molecule has 0 radical (unpaired) electrons. The first-order valence-electron chi connectivity index (χ1n) is 8.40. The lowest BCUT2D eigenvalue weighted by Crippen LogP contribution is -2.24. The maximum Gasteiger partial charge on any atom is 0.338 e. The van der Waals surface area contributed by atoms with Crippen LogP contribution in [-0.2, 0) is 9.53 Å². The zero-order chi connectivity index (χ0) is 17.6. The Morgan fingerprint density at radius 1 is 1.12 bits per heavy atom. The minimum Gasteiger partial charge on any atom is -0.490 e. The maximum absolute atomic E-state index is 12.2. The summed E-state index contributed by atoms with van der Waals surface area (Å²) in [5.74, 6) is 0.434. The van der Waals surface area contributed by atoms with Gasteiger partial charge in [0.1, 0.15) is 19.0 Å². The number of nitrogens with zero attached hydrogens (tertiary/aromatic N) is 1. The number of esters is 1. The van der Waals surface area contributed by atoms with E-state index in [0.717, 1.165) is 23.4 Å². The van der Waals surface area contributed by atoms with Crippen LogP contribution in [0.1, 0.15) is 28.8 Å². The van der Waals surface area contributed by atoms with E-state index in [4.69, 9.17) is 9.47 Å². The van der Waals surface area contributed by atoms with Crippen molar-refractivity contribution in [3.63, 3.8) is 0 Å². The molecule has 130 valence electrons. The highest BCUT2D eigenvalue weighted by molar-refractivity contribution is 5.97. The average Bonchev–Trinajstić information content (AvgIpc) is 3.05. The van der Waals surface area contributed by atoms with E-state index >= 15 is 0 Å². The normalized spacial score (nSPS) is 13.8. The fourth-order valence-electron chi connectivity index (χ4n) is 2.80. The van der Waals surface area contributed by atoms with Gasteiger partial charge in [0.25, 0.3) is 0 Å². The van der Waals surface area contributed by atoms with Crippen LogP contribution in [0.4, 0.5) is 5.69 Å². The van der Waals surface area contributed by atoms with Crippen LogP contribution in [0, 0.1) is 6.92 Å². The molecule has 5 heteroatoms. The highest BCUT2D eigenvalue weighted by Crippen LogP contribution is 2.22. The Morgan fingerprint density at radius 3 is 2.72 bits per heavy atom. The third-order valence-electron chi connectivity index (χ3n) is 4.04. The molecule has 0 atom stereocenters.